The van der Waals surface area contributed by atoms with Crippen molar-refractivity contribution in [2.75, 3.05) is 16.7 Å². The lowest BCUT2D eigenvalue weighted by Crippen LogP contribution is -2.18. The van der Waals surface area contributed by atoms with Gasteiger partial charge >= 0.3 is 0 Å². The molecule has 7 nitrogen and oxygen atoms in total. The number of nitrogens with two attached hydrogens (primary N) is 1. The van der Waals surface area contributed by atoms with E-state index < -0.39 is 10.0 Å². The topological polar surface area (TPSA) is 107 Å². The highest BCUT2D eigenvalue weighted by Crippen LogP contribution is 2.30. The maximum atomic E-state index is 13.1. The molecule has 0 bridgehead atoms. The Morgan fingerprint density at radius 2 is 1.65 bits per heavy atom. The van der Waals surface area contributed by atoms with Crippen molar-refractivity contribution in [3.63, 3.8) is 0 Å². The molecule has 0 unspecified atom stereocenters. The Hall–Kier alpha value is -4.17. The van der Waals surface area contributed by atoms with Gasteiger partial charge in [0, 0.05) is 34.4 Å². The summed E-state index contributed by atoms with van der Waals surface area (Å²) in [6, 6.07) is 21.9. The Morgan fingerprint density at radius 3 is 2.35 bits per heavy atom. The van der Waals surface area contributed by atoms with Gasteiger partial charge in [0.15, 0.2) is 0 Å². The lowest BCUT2D eigenvalue weighted by Gasteiger charge is -2.14. The maximum absolute atomic E-state index is 13.1. The van der Waals surface area contributed by atoms with E-state index in [1.54, 1.807) is 35.0 Å². The smallest absolute Gasteiger partial charge is 0.255 e. The Labute approximate surface area is 196 Å². The molecule has 0 aliphatic rings. The van der Waals surface area contributed by atoms with E-state index in [1.807, 2.05) is 49.4 Å². The molecule has 0 aliphatic heterocycles. The second kappa shape index (κ2) is 8.00. The van der Waals surface area contributed by atoms with Crippen LogP contribution in [0.5, 0.6) is 0 Å². The number of rotatable bonds is 4. The summed E-state index contributed by atoms with van der Waals surface area (Å²) in [6.45, 7) is 1.94. The Kier molecular flexibility index (Phi) is 5.10. The molecular formula is C26H22N4O3S. The van der Waals surface area contributed by atoms with Gasteiger partial charge in [-0.15, -0.1) is 0 Å². The summed E-state index contributed by atoms with van der Waals surface area (Å²) < 4.78 is 27.1. The maximum Gasteiger partial charge on any atom is 0.255 e. The summed E-state index contributed by atoms with van der Waals surface area (Å²) in [5.74, 6) is 0. The van der Waals surface area contributed by atoms with E-state index in [4.69, 9.17) is 5.73 Å². The molecule has 0 amide bonds. The summed E-state index contributed by atoms with van der Waals surface area (Å²) in [7, 11) is -3.35. The fourth-order valence-electron chi connectivity index (χ4n) is 4.21. The molecule has 0 spiro atoms. The molecule has 0 radical (unpaired) electrons. The van der Waals surface area contributed by atoms with Gasteiger partial charge in [0.1, 0.15) is 0 Å². The van der Waals surface area contributed by atoms with Gasteiger partial charge < -0.3 is 5.73 Å². The highest BCUT2D eigenvalue weighted by atomic mass is 32.2. The van der Waals surface area contributed by atoms with E-state index in [0.29, 0.717) is 17.1 Å². The Morgan fingerprint density at radius 1 is 0.912 bits per heavy atom. The quantitative estimate of drug-likeness (QED) is 0.298. The molecule has 2 aromatic heterocycles. The molecule has 5 rings (SSSR count). The van der Waals surface area contributed by atoms with E-state index in [0.717, 1.165) is 44.8 Å². The molecule has 5 aromatic rings. The second-order valence-electron chi connectivity index (χ2n) is 8.35. The number of fused-ring (bicyclic) bond motifs is 3. The van der Waals surface area contributed by atoms with Crippen molar-refractivity contribution in [2.24, 2.45) is 0 Å². The van der Waals surface area contributed by atoms with Crippen LogP contribution in [0.4, 0.5) is 11.4 Å². The number of hydrogen-bond acceptors (Lipinski definition) is 5. The number of aromatic nitrogens is 2. The van der Waals surface area contributed by atoms with Crippen LogP contribution in [0.2, 0.25) is 0 Å². The van der Waals surface area contributed by atoms with Crippen molar-refractivity contribution < 1.29 is 8.42 Å². The molecule has 0 atom stereocenters. The zero-order valence-electron chi connectivity index (χ0n) is 18.6. The van der Waals surface area contributed by atoms with Crippen LogP contribution in [-0.4, -0.2) is 24.2 Å². The first-order chi connectivity index (χ1) is 16.2. The third-order valence-corrected chi connectivity index (χ3v) is 6.19. The summed E-state index contributed by atoms with van der Waals surface area (Å²) in [6.07, 6.45) is 2.88. The molecule has 8 heteroatoms. The molecule has 0 aliphatic carbocycles. The highest BCUT2D eigenvalue weighted by molar-refractivity contribution is 7.92. The van der Waals surface area contributed by atoms with Gasteiger partial charge in [0.2, 0.25) is 10.0 Å². The van der Waals surface area contributed by atoms with Crippen LogP contribution in [0, 0.1) is 6.92 Å². The SMILES string of the molecule is Cc1cc(N)cc(-n2c(=O)ccc3cnc4ccc(-c5ccc(NS(C)(=O)=O)cc5)cc4c32)c1. The largest absolute Gasteiger partial charge is 0.399 e. The summed E-state index contributed by atoms with van der Waals surface area (Å²) in [5.41, 5.74) is 12.0. The summed E-state index contributed by atoms with van der Waals surface area (Å²) in [5, 5.41) is 1.66. The Bertz CT molecular complexity index is 1720. The lowest BCUT2D eigenvalue weighted by atomic mass is 10.0. The first-order valence-corrected chi connectivity index (χ1v) is 12.5. The molecule has 34 heavy (non-hydrogen) atoms. The molecule has 170 valence electrons. The van der Waals surface area contributed by atoms with Gasteiger partial charge in [-0.2, -0.15) is 0 Å². The molecule has 3 aromatic carbocycles. The van der Waals surface area contributed by atoms with Crippen molar-refractivity contribution in [2.45, 2.75) is 6.92 Å². The predicted octanol–water partition coefficient (Wildman–Crippen LogP) is 4.47. The number of aryl methyl sites for hydroxylation is 1. The second-order valence-corrected chi connectivity index (χ2v) is 10.1. The minimum Gasteiger partial charge on any atom is -0.399 e. The first kappa shape index (κ1) is 21.7. The average molecular weight is 471 g/mol. The van der Waals surface area contributed by atoms with Crippen molar-refractivity contribution in [1.82, 2.24) is 9.55 Å². The molecule has 0 saturated carbocycles. The fraction of sp³-hybridized carbons (Fsp3) is 0.0769. The summed E-state index contributed by atoms with van der Waals surface area (Å²) in [4.78, 5) is 17.6. The number of nitrogens with zero attached hydrogens (tertiary/aromatic N) is 2. The van der Waals surface area contributed by atoms with Crippen molar-refractivity contribution >= 4 is 43.2 Å². The van der Waals surface area contributed by atoms with Crippen LogP contribution < -0.4 is 16.0 Å². The lowest BCUT2D eigenvalue weighted by molar-refractivity contribution is 0.607. The number of sulfonamides is 1. The predicted molar refractivity (Wildman–Crippen MR) is 138 cm³/mol. The average Bonchev–Trinajstić information content (AvgIpc) is 2.77. The minimum absolute atomic E-state index is 0.161. The number of anilines is 2. The molecule has 3 N–H and O–H groups in total. The van der Waals surface area contributed by atoms with Gasteiger partial charge in [-0.3, -0.25) is 19.1 Å². The van der Waals surface area contributed by atoms with Crippen molar-refractivity contribution in [3.8, 4) is 16.8 Å². The molecule has 0 saturated heterocycles. The molecule has 2 heterocycles. The number of hydrogen-bond donors (Lipinski definition) is 2. The van der Waals surface area contributed by atoms with Crippen molar-refractivity contribution in [3.05, 3.63) is 94.9 Å². The van der Waals surface area contributed by atoms with Crippen LogP contribution in [0.25, 0.3) is 38.6 Å². The van der Waals surface area contributed by atoms with E-state index in [1.165, 1.54) is 6.07 Å². The number of pyridine rings is 2. The Balaban J connectivity index is 1.74. The van der Waals surface area contributed by atoms with E-state index in [9.17, 15) is 13.2 Å². The molecular weight excluding hydrogens is 448 g/mol. The third-order valence-electron chi connectivity index (χ3n) is 5.58. The van der Waals surface area contributed by atoms with E-state index in [-0.39, 0.29) is 5.56 Å². The number of nitrogen functional groups attached to an aromatic ring is 1. The van der Waals surface area contributed by atoms with Crippen LogP contribution in [0.15, 0.2) is 83.8 Å². The fourth-order valence-corrected chi connectivity index (χ4v) is 4.78. The number of benzene rings is 3. The van der Waals surface area contributed by atoms with Gasteiger partial charge in [-0.05, 0) is 72.1 Å². The van der Waals surface area contributed by atoms with Crippen LogP contribution in [-0.2, 0) is 10.0 Å². The third kappa shape index (κ3) is 4.11. The van der Waals surface area contributed by atoms with Crippen LogP contribution >= 0.6 is 0 Å². The zero-order valence-corrected chi connectivity index (χ0v) is 19.4. The van der Waals surface area contributed by atoms with Gasteiger partial charge in [0.25, 0.3) is 5.56 Å². The highest BCUT2D eigenvalue weighted by Gasteiger charge is 2.12. The first-order valence-electron chi connectivity index (χ1n) is 10.6. The van der Waals surface area contributed by atoms with Gasteiger partial charge in [-0.1, -0.05) is 18.2 Å². The van der Waals surface area contributed by atoms with E-state index >= 15 is 0 Å². The van der Waals surface area contributed by atoms with Crippen molar-refractivity contribution in [1.29, 1.82) is 0 Å². The van der Waals surface area contributed by atoms with E-state index in [2.05, 4.69) is 9.71 Å². The normalized spacial score (nSPS) is 11.7. The van der Waals surface area contributed by atoms with Gasteiger partial charge in [-0.25, -0.2) is 8.42 Å². The minimum atomic E-state index is -3.35. The number of nitrogens with one attached hydrogen (secondary N) is 1. The van der Waals surface area contributed by atoms with Crippen LogP contribution in [0.1, 0.15) is 5.56 Å². The zero-order chi connectivity index (χ0) is 24.0. The van der Waals surface area contributed by atoms with Crippen LogP contribution in [0.3, 0.4) is 0 Å². The molecule has 0 fully saturated rings. The van der Waals surface area contributed by atoms with Gasteiger partial charge in [0.05, 0.1) is 23.0 Å². The summed E-state index contributed by atoms with van der Waals surface area (Å²) >= 11 is 0. The standard InChI is InChI=1S/C26H22N4O3S/c1-16-11-20(27)14-22(12-16)30-25(31)10-6-19-15-28-24-9-5-18(13-23(24)26(19)30)17-3-7-21(8-4-17)29-34(2,32)33/h3-15,29H,27H2,1-2H3. The monoisotopic (exact) mass is 470 g/mol.